The lowest BCUT2D eigenvalue weighted by Gasteiger charge is -2.36. The lowest BCUT2D eigenvalue weighted by molar-refractivity contribution is -0.138. The van der Waals surface area contributed by atoms with Crippen LogP contribution in [-0.2, 0) is 29.5 Å². The number of hydrogen-bond acceptors (Lipinski definition) is 5. The number of amides is 1. The zero-order valence-corrected chi connectivity index (χ0v) is 21.3. The molecule has 190 valence electrons. The second-order valence-electron chi connectivity index (χ2n) is 10.2. The SMILES string of the molecule is COCCCc1cc(CN(C(=O)C2CNCC[C@@H]2c2ccn(C)c(=O)c2)C2CC2)c2ncccc2c1. The van der Waals surface area contributed by atoms with Crippen LogP contribution >= 0.6 is 0 Å². The van der Waals surface area contributed by atoms with Crippen molar-refractivity contribution >= 4 is 16.8 Å². The van der Waals surface area contributed by atoms with Gasteiger partial charge in [0.15, 0.2) is 0 Å². The summed E-state index contributed by atoms with van der Waals surface area (Å²) in [5, 5.41) is 4.55. The lowest BCUT2D eigenvalue weighted by atomic mass is 9.80. The van der Waals surface area contributed by atoms with Crippen LogP contribution in [0.5, 0.6) is 0 Å². The minimum Gasteiger partial charge on any atom is -0.385 e. The van der Waals surface area contributed by atoms with E-state index in [1.54, 1.807) is 24.8 Å². The van der Waals surface area contributed by atoms with E-state index in [0.717, 1.165) is 67.3 Å². The van der Waals surface area contributed by atoms with Crippen molar-refractivity contribution in [3.63, 3.8) is 0 Å². The van der Waals surface area contributed by atoms with Crippen molar-refractivity contribution in [3.05, 3.63) is 75.8 Å². The van der Waals surface area contributed by atoms with Crippen molar-refractivity contribution < 1.29 is 9.53 Å². The first-order valence-corrected chi connectivity index (χ1v) is 13.1. The lowest BCUT2D eigenvalue weighted by Crippen LogP contribution is -2.47. The van der Waals surface area contributed by atoms with Gasteiger partial charge in [-0.1, -0.05) is 12.1 Å². The first-order chi connectivity index (χ1) is 17.5. The Labute approximate surface area is 212 Å². The van der Waals surface area contributed by atoms with Crippen LogP contribution < -0.4 is 10.9 Å². The predicted octanol–water partition coefficient (Wildman–Crippen LogP) is 3.40. The highest BCUT2D eigenvalue weighted by Crippen LogP contribution is 2.36. The fraction of sp³-hybridized carbons (Fsp3) is 0.483. The van der Waals surface area contributed by atoms with Crippen molar-refractivity contribution in [2.24, 2.45) is 13.0 Å². The van der Waals surface area contributed by atoms with Crippen LogP contribution in [0.25, 0.3) is 10.9 Å². The molecule has 0 radical (unpaired) electrons. The molecule has 5 rings (SSSR count). The summed E-state index contributed by atoms with van der Waals surface area (Å²) in [6.45, 7) is 2.78. The monoisotopic (exact) mass is 488 g/mol. The Bertz CT molecular complexity index is 1280. The smallest absolute Gasteiger partial charge is 0.250 e. The third-order valence-corrected chi connectivity index (χ3v) is 7.62. The maximum atomic E-state index is 14.1. The van der Waals surface area contributed by atoms with Crippen LogP contribution in [0.3, 0.4) is 0 Å². The number of carbonyl (C=O) groups excluding carboxylic acids is 1. The van der Waals surface area contributed by atoms with Crippen molar-refractivity contribution in [2.75, 3.05) is 26.8 Å². The highest BCUT2D eigenvalue weighted by Gasteiger charge is 2.40. The molecule has 7 nitrogen and oxygen atoms in total. The van der Waals surface area contributed by atoms with Gasteiger partial charge >= 0.3 is 0 Å². The highest BCUT2D eigenvalue weighted by molar-refractivity contribution is 5.84. The number of hydrogen-bond donors (Lipinski definition) is 1. The molecule has 36 heavy (non-hydrogen) atoms. The first-order valence-electron chi connectivity index (χ1n) is 13.1. The molecule has 2 atom stereocenters. The minimum absolute atomic E-state index is 0.0286. The average Bonchev–Trinajstić information content (AvgIpc) is 3.74. The van der Waals surface area contributed by atoms with E-state index >= 15 is 0 Å². The largest absolute Gasteiger partial charge is 0.385 e. The topological polar surface area (TPSA) is 76.5 Å². The molecule has 1 aliphatic carbocycles. The molecule has 2 aliphatic rings. The second kappa shape index (κ2) is 10.9. The molecule has 7 heteroatoms. The third-order valence-electron chi connectivity index (χ3n) is 7.62. The Morgan fingerprint density at radius 1 is 1.22 bits per heavy atom. The maximum Gasteiger partial charge on any atom is 0.250 e. The van der Waals surface area contributed by atoms with Gasteiger partial charge in [-0.3, -0.25) is 14.6 Å². The number of methoxy groups -OCH3 is 1. The summed E-state index contributed by atoms with van der Waals surface area (Å²) in [5.74, 6) is 0.0453. The van der Waals surface area contributed by atoms with E-state index in [1.165, 1.54) is 5.56 Å². The number of nitrogens with zero attached hydrogens (tertiary/aromatic N) is 3. The summed E-state index contributed by atoms with van der Waals surface area (Å²) in [4.78, 5) is 33.2. The summed E-state index contributed by atoms with van der Waals surface area (Å²) >= 11 is 0. The van der Waals surface area contributed by atoms with Gasteiger partial charge in [-0.15, -0.1) is 0 Å². The number of aryl methyl sites for hydroxylation is 2. The van der Waals surface area contributed by atoms with E-state index in [2.05, 4.69) is 28.4 Å². The number of pyridine rings is 2. The Morgan fingerprint density at radius 3 is 2.86 bits per heavy atom. The Morgan fingerprint density at radius 2 is 2.08 bits per heavy atom. The summed E-state index contributed by atoms with van der Waals surface area (Å²) in [6.07, 6.45) is 8.47. The molecule has 1 aromatic carbocycles. The fourth-order valence-electron chi connectivity index (χ4n) is 5.50. The summed E-state index contributed by atoms with van der Waals surface area (Å²) in [7, 11) is 3.49. The van der Waals surface area contributed by atoms with Gasteiger partial charge in [-0.25, -0.2) is 0 Å². The molecule has 2 aromatic heterocycles. The maximum absolute atomic E-state index is 14.1. The van der Waals surface area contributed by atoms with E-state index in [-0.39, 0.29) is 29.3 Å². The number of aromatic nitrogens is 2. The Balaban J connectivity index is 1.44. The fourth-order valence-corrected chi connectivity index (χ4v) is 5.50. The quantitative estimate of drug-likeness (QED) is 0.467. The first kappa shape index (κ1) is 24.7. The van der Waals surface area contributed by atoms with Crippen LogP contribution in [0, 0.1) is 5.92 Å². The van der Waals surface area contributed by atoms with Gasteiger partial charge in [0, 0.05) is 63.7 Å². The number of carbonyl (C=O) groups is 1. The van der Waals surface area contributed by atoms with Crippen LogP contribution in [0.4, 0.5) is 0 Å². The number of piperidine rings is 1. The van der Waals surface area contributed by atoms with Gasteiger partial charge < -0.3 is 19.5 Å². The third kappa shape index (κ3) is 5.37. The molecule has 1 N–H and O–H groups in total. The molecule has 0 spiro atoms. The van der Waals surface area contributed by atoms with Gasteiger partial charge in [0.1, 0.15) is 0 Å². The van der Waals surface area contributed by atoms with E-state index in [0.29, 0.717) is 13.1 Å². The molecule has 1 amide bonds. The van der Waals surface area contributed by atoms with Crippen molar-refractivity contribution in [3.8, 4) is 0 Å². The van der Waals surface area contributed by atoms with Gasteiger partial charge in [0.05, 0.1) is 11.4 Å². The van der Waals surface area contributed by atoms with Crippen LogP contribution in [0.15, 0.2) is 53.6 Å². The molecule has 3 aromatic rings. The Hall–Kier alpha value is -3.03. The summed E-state index contributed by atoms with van der Waals surface area (Å²) < 4.78 is 6.83. The zero-order chi connectivity index (χ0) is 25.1. The van der Waals surface area contributed by atoms with Gasteiger partial charge in [0.25, 0.3) is 5.56 Å². The molecular formula is C29H36N4O3. The highest BCUT2D eigenvalue weighted by atomic mass is 16.5. The van der Waals surface area contributed by atoms with Crippen molar-refractivity contribution in [1.82, 2.24) is 19.8 Å². The summed E-state index contributed by atoms with van der Waals surface area (Å²) in [5.41, 5.74) is 4.27. The number of nitrogens with one attached hydrogen (secondary N) is 1. The van der Waals surface area contributed by atoms with Crippen LogP contribution in [0.2, 0.25) is 0 Å². The predicted molar refractivity (Wildman–Crippen MR) is 141 cm³/mol. The molecule has 1 saturated heterocycles. The van der Waals surface area contributed by atoms with E-state index in [1.807, 2.05) is 24.5 Å². The van der Waals surface area contributed by atoms with E-state index in [4.69, 9.17) is 9.72 Å². The van der Waals surface area contributed by atoms with Crippen LogP contribution in [-0.4, -0.2) is 53.2 Å². The Kier molecular flexibility index (Phi) is 7.48. The molecule has 3 heterocycles. The number of rotatable bonds is 9. The van der Waals surface area contributed by atoms with E-state index < -0.39 is 0 Å². The number of ether oxygens (including phenoxy) is 1. The molecule has 1 saturated carbocycles. The number of benzene rings is 1. The van der Waals surface area contributed by atoms with Gasteiger partial charge in [-0.05, 0) is 79.5 Å². The van der Waals surface area contributed by atoms with Crippen LogP contribution in [0.1, 0.15) is 48.3 Å². The second-order valence-corrected chi connectivity index (χ2v) is 10.2. The molecule has 0 bridgehead atoms. The standard InChI is InChI=1S/C29H36N4O3/c1-32-13-10-21(17-27(32)34)25-9-12-30-18-26(25)29(35)33(24-7-8-24)19-23-16-20(5-4-14-36-2)15-22-6-3-11-31-28(22)23/h3,6,10-11,13,15-17,24-26,30H,4-5,7-9,12,14,18-19H2,1-2H3/t25-,26?/m1/s1. The van der Waals surface area contributed by atoms with Gasteiger partial charge in [-0.2, -0.15) is 0 Å². The van der Waals surface area contributed by atoms with Crippen molar-refractivity contribution in [2.45, 2.75) is 50.6 Å². The summed E-state index contributed by atoms with van der Waals surface area (Å²) in [6, 6.07) is 12.5. The normalized spacial score (nSPS) is 19.9. The zero-order valence-electron chi connectivity index (χ0n) is 21.3. The average molecular weight is 489 g/mol. The van der Waals surface area contributed by atoms with Gasteiger partial charge in [0.2, 0.25) is 5.91 Å². The van der Waals surface area contributed by atoms with E-state index in [9.17, 15) is 9.59 Å². The molecule has 2 fully saturated rings. The number of fused-ring (bicyclic) bond motifs is 1. The molecule has 1 unspecified atom stereocenters. The minimum atomic E-state index is -0.185. The van der Waals surface area contributed by atoms with Crippen molar-refractivity contribution in [1.29, 1.82) is 0 Å². The molecular weight excluding hydrogens is 452 g/mol. The molecule has 1 aliphatic heterocycles.